The van der Waals surface area contributed by atoms with E-state index in [1.807, 2.05) is 48.5 Å². The molecule has 0 heterocycles. The molecule has 2 aromatic rings. The highest BCUT2D eigenvalue weighted by Crippen LogP contribution is 2.14. The Morgan fingerprint density at radius 2 is 1.68 bits per heavy atom. The summed E-state index contributed by atoms with van der Waals surface area (Å²) < 4.78 is 0. The molecule has 0 radical (unpaired) electrons. The normalized spacial score (nSPS) is 9.84. The minimum Gasteiger partial charge on any atom is -0.399 e. The topological polar surface area (TPSA) is 75.4 Å². The smallest absolute Gasteiger partial charge is 0.226 e. The number of carbonyl (C=O) groups is 2. The molecule has 2 aromatic carbocycles. The van der Waals surface area contributed by atoms with Crippen LogP contribution in [0.2, 0.25) is 0 Å². The maximum absolute atomic E-state index is 12.0. The summed E-state index contributed by atoms with van der Waals surface area (Å²) in [7, 11) is 3.47. The Morgan fingerprint density at radius 3 is 2.28 bits per heavy atom. The van der Waals surface area contributed by atoms with Gasteiger partial charge < -0.3 is 16.0 Å². The summed E-state index contributed by atoms with van der Waals surface area (Å²) in [5, 5.41) is 2.86. The minimum atomic E-state index is -0.0598. The molecule has 0 fully saturated rings. The summed E-state index contributed by atoms with van der Waals surface area (Å²) in [4.78, 5) is 25.3. The van der Waals surface area contributed by atoms with Gasteiger partial charge in [-0.2, -0.15) is 0 Å². The van der Waals surface area contributed by atoms with Crippen molar-refractivity contribution in [3.8, 4) is 0 Å². The van der Waals surface area contributed by atoms with Crippen LogP contribution in [0.5, 0.6) is 0 Å². The number of likely N-dealkylation sites (N-methyl/N-ethyl adjacent to an activating group) is 1. The van der Waals surface area contributed by atoms with Crippen molar-refractivity contribution in [3.05, 3.63) is 59.7 Å². The zero-order valence-electron chi connectivity index (χ0n) is 14.5. The summed E-state index contributed by atoms with van der Waals surface area (Å²) in [5.74, 6) is -0.0115. The molecule has 5 nitrogen and oxygen atoms in total. The first-order chi connectivity index (χ1) is 11.5. The van der Waals surface area contributed by atoms with Gasteiger partial charge >= 0.3 is 0 Å². The summed E-state index contributed by atoms with van der Waals surface area (Å²) in [6, 6.07) is 14.9. The van der Waals surface area contributed by atoms with E-state index in [0.717, 1.165) is 16.8 Å². The van der Waals surface area contributed by atoms with Gasteiger partial charge in [0, 0.05) is 31.9 Å². The zero-order valence-corrected chi connectivity index (χ0v) is 15.3. The number of nitrogen functional groups attached to an aromatic ring is 1. The van der Waals surface area contributed by atoms with Gasteiger partial charge in [0.2, 0.25) is 11.8 Å². The number of carbonyl (C=O) groups excluding carboxylic acids is 2. The molecule has 0 atom stereocenters. The number of benzene rings is 2. The van der Waals surface area contributed by atoms with E-state index in [0.29, 0.717) is 24.9 Å². The maximum atomic E-state index is 12.0. The lowest BCUT2D eigenvalue weighted by Crippen LogP contribution is -2.23. The summed E-state index contributed by atoms with van der Waals surface area (Å²) in [6.07, 6.45) is 1.33. The molecule has 2 amide bonds. The molecule has 2 rings (SSSR count). The van der Waals surface area contributed by atoms with E-state index in [9.17, 15) is 9.59 Å². The largest absolute Gasteiger partial charge is 0.399 e. The van der Waals surface area contributed by atoms with E-state index in [2.05, 4.69) is 5.32 Å². The highest BCUT2D eigenvalue weighted by atomic mass is 35.5. The van der Waals surface area contributed by atoms with Crippen LogP contribution in [0.15, 0.2) is 48.5 Å². The molecule has 0 aliphatic carbocycles. The first kappa shape index (κ1) is 20.5. The predicted octanol–water partition coefficient (Wildman–Crippen LogP) is 2.89. The third-order valence-electron chi connectivity index (χ3n) is 3.77. The minimum absolute atomic E-state index is 0. The van der Waals surface area contributed by atoms with Crippen LogP contribution in [0.3, 0.4) is 0 Å². The van der Waals surface area contributed by atoms with Crippen molar-refractivity contribution in [1.82, 2.24) is 4.90 Å². The quantitative estimate of drug-likeness (QED) is 0.777. The second kappa shape index (κ2) is 9.69. The fraction of sp³-hybridized carbons (Fsp3) is 0.263. The number of hydrogen-bond acceptors (Lipinski definition) is 3. The monoisotopic (exact) mass is 361 g/mol. The summed E-state index contributed by atoms with van der Waals surface area (Å²) in [6.45, 7) is 0. The van der Waals surface area contributed by atoms with Crippen molar-refractivity contribution in [2.45, 2.75) is 19.3 Å². The Kier molecular flexibility index (Phi) is 7.95. The summed E-state index contributed by atoms with van der Waals surface area (Å²) in [5.41, 5.74) is 9.20. The van der Waals surface area contributed by atoms with Gasteiger partial charge in [-0.25, -0.2) is 0 Å². The van der Waals surface area contributed by atoms with E-state index in [1.54, 1.807) is 19.0 Å². The maximum Gasteiger partial charge on any atom is 0.226 e. The van der Waals surface area contributed by atoms with Gasteiger partial charge in [0.15, 0.2) is 0 Å². The Bertz CT molecular complexity index is 715. The van der Waals surface area contributed by atoms with Gasteiger partial charge in [-0.15, -0.1) is 12.4 Å². The molecule has 25 heavy (non-hydrogen) atoms. The van der Waals surface area contributed by atoms with Crippen LogP contribution in [0, 0.1) is 0 Å². The molecule has 0 saturated heterocycles. The molecule has 0 aliphatic rings. The SMILES string of the molecule is CN(C)C(=O)Cc1ccc(NC(=O)CCc2ccccc2N)cc1.Cl. The molecule has 134 valence electrons. The molecule has 3 N–H and O–H groups in total. The second-order valence-electron chi connectivity index (χ2n) is 5.91. The Labute approximate surface area is 154 Å². The molecular formula is C19H24ClN3O2. The Morgan fingerprint density at radius 1 is 1.04 bits per heavy atom. The molecule has 0 unspecified atom stereocenters. The lowest BCUT2D eigenvalue weighted by Gasteiger charge is -2.11. The average molecular weight is 362 g/mol. The number of amides is 2. The molecule has 0 bridgehead atoms. The van der Waals surface area contributed by atoms with Crippen molar-refractivity contribution in [3.63, 3.8) is 0 Å². The number of nitrogens with two attached hydrogens (primary N) is 1. The van der Waals surface area contributed by atoms with Crippen LogP contribution in [0.1, 0.15) is 17.5 Å². The number of halogens is 1. The number of hydrogen-bond donors (Lipinski definition) is 2. The molecular weight excluding hydrogens is 338 g/mol. The van der Waals surface area contributed by atoms with E-state index in [-0.39, 0.29) is 24.2 Å². The number of anilines is 2. The van der Waals surface area contributed by atoms with Crippen molar-refractivity contribution >= 4 is 35.6 Å². The van der Waals surface area contributed by atoms with Gasteiger partial charge in [0.1, 0.15) is 0 Å². The van der Waals surface area contributed by atoms with Gasteiger partial charge in [0.25, 0.3) is 0 Å². The highest BCUT2D eigenvalue weighted by Gasteiger charge is 2.07. The van der Waals surface area contributed by atoms with Crippen LogP contribution >= 0.6 is 12.4 Å². The van der Waals surface area contributed by atoms with E-state index in [1.165, 1.54) is 0 Å². The van der Waals surface area contributed by atoms with Crippen LogP contribution in [-0.4, -0.2) is 30.8 Å². The van der Waals surface area contributed by atoms with Crippen LogP contribution in [-0.2, 0) is 22.4 Å². The Hall–Kier alpha value is -2.53. The lowest BCUT2D eigenvalue weighted by molar-refractivity contribution is -0.128. The number of aryl methyl sites for hydroxylation is 1. The third-order valence-corrected chi connectivity index (χ3v) is 3.77. The molecule has 0 aliphatic heterocycles. The van der Waals surface area contributed by atoms with Gasteiger partial charge in [-0.1, -0.05) is 30.3 Å². The van der Waals surface area contributed by atoms with Gasteiger partial charge in [-0.3, -0.25) is 9.59 Å². The number of nitrogens with one attached hydrogen (secondary N) is 1. The van der Waals surface area contributed by atoms with Gasteiger partial charge in [0.05, 0.1) is 6.42 Å². The fourth-order valence-corrected chi connectivity index (χ4v) is 2.27. The van der Waals surface area contributed by atoms with E-state index >= 15 is 0 Å². The van der Waals surface area contributed by atoms with Crippen LogP contribution in [0.4, 0.5) is 11.4 Å². The lowest BCUT2D eigenvalue weighted by atomic mass is 10.1. The molecule has 0 spiro atoms. The predicted molar refractivity (Wildman–Crippen MR) is 104 cm³/mol. The molecule has 6 heteroatoms. The molecule has 0 saturated carbocycles. The Balaban J connectivity index is 0.00000312. The number of para-hydroxylation sites is 1. The van der Waals surface area contributed by atoms with Gasteiger partial charge in [-0.05, 0) is 35.7 Å². The van der Waals surface area contributed by atoms with E-state index < -0.39 is 0 Å². The van der Waals surface area contributed by atoms with Crippen molar-refractivity contribution in [1.29, 1.82) is 0 Å². The number of nitrogens with zero attached hydrogens (tertiary/aromatic N) is 1. The zero-order chi connectivity index (χ0) is 17.5. The van der Waals surface area contributed by atoms with Crippen molar-refractivity contribution < 1.29 is 9.59 Å². The first-order valence-corrected chi connectivity index (χ1v) is 7.88. The first-order valence-electron chi connectivity index (χ1n) is 7.88. The fourth-order valence-electron chi connectivity index (χ4n) is 2.27. The van der Waals surface area contributed by atoms with Crippen molar-refractivity contribution in [2.75, 3.05) is 25.1 Å². The van der Waals surface area contributed by atoms with Crippen molar-refractivity contribution in [2.24, 2.45) is 0 Å². The molecule has 0 aromatic heterocycles. The van der Waals surface area contributed by atoms with E-state index in [4.69, 9.17) is 5.73 Å². The standard InChI is InChI=1S/C19H23N3O2.ClH/c1-22(2)19(24)13-14-7-10-16(11-8-14)21-18(23)12-9-15-5-3-4-6-17(15)20;/h3-8,10-11H,9,12-13,20H2,1-2H3,(H,21,23);1H. The van der Waals surface area contributed by atoms with Crippen LogP contribution in [0.25, 0.3) is 0 Å². The van der Waals surface area contributed by atoms with Crippen LogP contribution < -0.4 is 11.1 Å². The summed E-state index contributed by atoms with van der Waals surface area (Å²) >= 11 is 0. The number of rotatable bonds is 6. The average Bonchev–Trinajstić information content (AvgIpc) is 2.56. The second-order valence-corrected chi connectivity index (χ2v) is 5.91. The third kappa shape index (κ3) is 6.47. The highest BCUT2D eigenvalue weighted by molar-refractivity contribution is 5.91.